The van der Waals surface area contributed by atoms with Crippen molar-refractivity contribution in [2.45, 2.75) is 6.18 Å². The van der Waals surface area contributed by atoms with Crippen LogP contribution in [0, 0.1) is 0 Å². The average Bonchev–Trinajstić information content (AvgIpc) is 3.11. The number of thioether (sulfide) groups is 1. The van der Waals surface area contributed by atoms with E-state index in [1.54, 1.807) is 54.6 Å². The number of amides is 2. The summed E-state index contributed by atoms with van der Waals surface area (Å²) in [4.78, 5) is 26.9. The van der Waals surface area contributed by atoms with Crippen LogP contribution in [-0.4, -0.2) is 22.7 Å². The molecule has 184 valence electrons. The van der Waals surface area contributed by atoms with Crippen molar-refractivity contribution in [2.24, 2.45) is 0 Å². The van der Waals surface area contributed by atoms with Gasteiger partial charge in [0.25, 0.3) is 11.8 Å². The van der Waals surface area contributed by atoms with E-state index in [9.17, 15) is 22.8 Å². The Bertz CT molecular complexity index is 1360. The van der Waals surface area contributed by atoms with Crippen LogP contribution in [0.5, 0.6) is 5.75 Å². The van der Waals surface area contributed by atoms with Gasteiger partial charge in [0, 0.05) is 5.02 Å². The van der Waals surface area contributed by atoms with Crippen molar-refractivity contribution in [1.29, 1.82) is 0 Å². The van der Waals surface area contributed by atoms with Crippen LogP contribution in [0.4, 0.5) is 24.5 Å². The quantitative estimate of drug-likeness (QED) is 0.272. The lowest BCUT2D eigenvalue weighted by molar-refractivity contribution is -0.137. The van der Waals surface area contributed by atoms with Crippen LogP contribution in [0.15, 0.2) is 77.7 Å². The number of benzene rings is 3. The molecule has 0 aliphatic carbocycles. The Morgan fingerprint density at radius 2 is 1.81 bits per heavy atom. The van der Waals surface area contributed by atoms with E-state index in [1.807, 2.05) is 0 Å². The fourth-order valence-electron chi connectivity index (χ4n) is 3.30. The van der Waals surface area contributed by atoms with Crippen molar-refractivity contribution in [3.05, 3.63) is 93.9 Å². The van der Waals surface area contributed by atoms with E-state index in [1.165, 1.54) is 23.1 Å². The predicted molar refractivity (Wildman–Crippen MR) is 139 cm³/mol. The summed E-state index contributed by atoms with van der Waals surface area (Å²) in [5, 5.41) is 2.76. The molecule has 1 aliphatic heterocycles. The summed E-state index contributed by atoms with van der Waals surface area (Å²) < 4.78 is 45.2. The van der Waals surface area contributed by atoms with Gasteiger partial charge < -0.3 is 10.1 Å². The third kappa shape index (κ3) is 6.07. The Hall–Kier alpha value is -3.34. The van der Waals surface area contributed by atoms with Gasteiger partial charge in [0.15, 0.2) is 10.9 Å². The zero-order valence-corrected chi connectivity index (χ0v) is 20.6. The van der Waals surface area contributed by atoms with Gasteiger partial charge in [0.2, 0.25) is 0 Å². The van der Waals surface area contributed by atoms with Crippen LogP contribution >= 0.6 is 35.6 Å². The molecule has 1 N–H and O–H groups in total. The van der Waals surface area contributed by atoms with Crippen molar-refractivity contribution in [1.82, 2.24) is 0 Å². The maximum absolute atomic E-state index is 13.1. The van der Waals surface area contributed by atoms with Crippen molar-refractivity contribution >= 4 is 69.2 Å². The number of nitrogens with zero attached hydrogens (tertiary/aromatic N) is 1. The van der Waals surface area contributed by atoms with Gasteiger partial charge in [-0.15, -0.1) is 0 Å². The number of carbonyl (C=O) groups excluding carboxylic acids is 2. The first kappa shape index (κ1) is 25.7. The van der Waals surface area contributed by atoms with E-state index >= 15 is 0 Å². The third-order valence-electron chi connectivity index (χ3n) is 4.91. The van der Waals surface area contributed by atoms with Crippen LogP contribution < -0.4 is 15.0 Å². The molecule has 1 saturated heterocycles. The highest BCUT2D eigenvalue weighted by molar-refractivity contribution is 8.27. The molecule has 4 rings (SSSR count). The van der Waals surface area contributed by atoms with Crippen LogP contribution in [0.25, 0.3) is 6.08 Å². The summed E-state index contributed by atoms with van der Waals surface area (Å²) in [5.41, 5.74) is -0.0845. The SMILES string of the molecule is O=C(COc1cccc(/C=C2\SC(=S)N(c3ccc(Cl)cc3)C2=O)c1)Nc1ccccc1C(F)(F)F. The number of thiocarbonyl (C=S) groups is 1. The van der Waals surface area contributed by atoms with E-state index in [0.717, 1.165) is 17.8 Å². The second kappa shape index (κ2) is 10.7. The summed E-state index contributed by atoms with van der Waals surface area (Å²) in [5.74, 6) is -0.738. The maximum atomic E-state index is 13.1. The monoisotopic (exact) mass is 548 g/mol. The second-order valence-electron chi connectivity index (χ2n) is 7.45. The minimum atomic E-state index is -4.60. The minimum absolute atomic E-state index is 0.290. The Balaban J connectivity index is 1.42. The first-order valence-corrected chi connectivity index (χ1v) is 11.9. The molecule has 1 aliphatic rings. The molecule has 0 spiro atoms. The summed E-state index contributed by atoms with van der Waals surface area (Å²) in [6.45, 7) is -0.506. The molecule has 0 aromatic heterocycles. The normalized spacial score (nSPS) is 14.9. The molecule has 11 heteroatoms. The third-order valence-corrected chi connectivity index (χ3v) is 6.47. The summed E-state index contributed by atoms with van der Waals surface area (Å²) in [6.07, 6.45) is -2.96. The number of halogens is 4. The first-order chi connectivity index (χ1) is 17.1. The number of hydrogen-bond donors (Lipinski definition) is 1. The zero-order chi connectivity index (χ0) is 25.9. The molecule has 1 fully saturated rings. The number of nitrogens with one attached hydrogen (secondary N) is 1. The smallest absolute Gasteiger partial charge is 0.418 e. The van der Waals surface area contributed by atoms with Crippen molar-refractivity contribution < 1.29 is 27.5 Å². The molecular weight excluding hydrogens is 533 g/mol. The first-order valence-electron chi connectivity index (χ1n) is 10.3. The molecule has 1 heterocycles. The van der Waals surface area contributed by atoms with E-state index in [4.69, 9.17) is 28.6 Å². The summed E-state index contributed by atoms with van der Waals surface area (Å²) in [7, 11) is 0. The molecular formula is C25H16ClF3N2O3S2. The Labute approximate surface area is 218 Å². The topological polar surface area (TPSA) is 58.6 Å². The highest BCUT2D eigenvalue weighted by Crippen LogP contribution is 2.37. The van der Waals surface area contributed by atoms with Gasteiger partial charge in [0.1, 0.15) is 5.75 Å². The highest BCUT2D eigenvalue weighted by Gasteiger charge is 2.34. The van der Waals surface area contributed by atoms with Crippen molar-refractivity contribution in [3.8, 4) is 5.75 Å². The van der Waals surface area contributed by atoms with Gasteiger partial charge in [-0.05, 0) is 60.2 Å². The van der Waals surface area contributed by atoms with Gasteiger partial charge in [-0.1, -0.05) is 59.8 Å². The second-order valence-corrected chi connectivity index (χ2v) is 9.56. The largest absolute Gasteiger partial charge is 0.484 e. The van der Waals surface area contributed by atoms with Crippen molar-refractivity contribution in [2.75, 3.05) is 16.8 Å². The van der Waals surface area contributed by atoms with Gasteiger partial charge in [-0.25, -0.2) is 0 Å². The molecule has 3 aromatic rings. The predicted octanol–water partition coefficient (Wildman–Crippen LogP) is 6.78. The lowest BCUT2D eigenvalue weighted by Gasteiger charge is -2.14. The molecule has 5 nitrogen and oxygen atoms in total. The Morgan fingerprint density at radius 3 is 2.53 bits per heavy atom. The Kier molecular flexibility index (Phi) is 7.67. The van der Waals surface area contributed by atoms with Crippen LogP contribution in [0.1, 0.15) is 11.1 Å². The van der Waals surface area contributed by atoms with Crippen LogP contribution in [0.3, 0.4) is 0 Å². The van der Waals surface area contributed by atoms with E-state index in [2.05, 4.69) is 5.32 Å². The number of carbonyl (C=O) groups is 2. The van der Waals surface area contributed by atoms with Gasteiger partial charge >= 0.3 is 6.18 Å². The molecule has 3 aromatic carbocycles. The molecule has 0 unspecified atom stereocenters. The van der Waals surface area contributed by atoms with E-state index < -0.39 is 24.3 Å². The van der Waals surface area contributed by atoms with E-state index in [-0.39, 0.29) is 11.6 Å². The molecule has 36 heavy (non-hydrogen) atoms. The van der Waals surface area contributed by atoms with Crippen molar-refractivity contribution in [3.63, 3.8) is 0 Å². The standard InChI is InChI=1S/C25H16ClF3N2O3S2/c26-16-8-10-17(11-9-16)31-23(33)21(36-24(31)35)13-15-4-3-5-18(12-15)34-14-22(32)30-20-7-2-1-6-19(20)25(27,28)29/h1-13H,14H2,(H,30,32)/b21-13-. The molecule has 0 radical (unpaired) electrons. The number of rotatable bonds is 6. The fraction of sp³-hybridized carbons (Fsp3) is 0.0800. The molecule has 0 saturated carbocycles. The maximum Gasteiger partial charge on any atom is 0.418 e. The lowest BCUT2D eigenvalue weighted by Crippen LogP contribution is -2.27. The number of hydrogen-bond acceptors (Lipinski definition) is 5. The Morgan fingerprint density at radius 1 is 1.08 bits per heavy atom. The average molecular weight is 549 g/mol. The van der Waals surface area contributed by atoms with Crippen LogP contribution in [-0.2, 0) is 15.8 Å². The summed E-state index contributed by atoms with van der Waals surface area (Å²) in [6, 6.07) is 18.0. The molecule has 2 amide bonds. The molecule has 0 atom stereocenters. The van der Waals surface area contributed by atoms with Gasteiger partial charge in [-0.3, -0.25) is 14.5 Å². The molecule has 0 bridgehead atoms. The highest BCUT2D eigenvalue weighted by atomic mass is 35.5. The number of alkyl halides is 3. The zero-order valence-electron chi connectivity index (χ0n) is 18.2. The number of ether oxygens (including phenoxy) is 1. The summed E-state index contributed by atoms with van der Waals surface area (Å²) >= 11 is 12.4. The minimum Gasteiger partial charge on any atom is -0.484 e. The number of para-hydroxylation sites is 1. The van der Waals surface area contributed by atoms with E-state index in [0.29, 0.717) is 31.2 Å². The fourth-order valence-corrected chi connectivity index (χ4v) is 4.73. The number of anilines is 2. The van der Waals surface area contributed by atoms with Gasteiger partial charge in [0.05, 0.1) is 21.8 Å². The lowest BCUT2D eigenvalue weighted by atomic mass is 10.1. The van der Waals surface area contributed by atoms with Crippen LogP contribution in [0.2, 0.25) is 5.02 Å². The van der Waals surface area contributed by atoms with Gasteiger partial charge in [-0.2, -0.15) is 13.2 Å².